The predicted molar refractivity (Wildman–Crippen MR) is 167 cm³/mol. The molecule has 42 heavy (non-hydrogen) atoms. The number of pyridine rings is 1. The molecule has 3 aromatic heterocycles. The monoisotopic (exact) mass is 559 g/mol. The Kier molecular flexibility index (Phi) is 6.70. The summed E-state index contributed by atoms with van der Waals surface area (Å²) in [6.07, 6.45) is 13.0. The van der Waals surface area contributed by atoms with Crippen molar-refractivity contribution in [2.75, 3.05) is 0 Å². The van der Waals surface area contributed by atoms with E-state index >= 15 is 0 Å². The van der Waals surface area contributed by atoms with E-state index in [1.165, 1.54) is 59.5 Å². The molecule has 2 saturated carbocycles. The van der Waals surface area contributed by atoms with Gasteiger partial charge in [0, 0.05) is 43.8 Å². The van der Waals surface area contributed by atoms with E-state index in [2.05, 4.69) is 58.9 Å². The molecule has 7 heteroatoms. The van der Waals surface area contributed by atoms with Crippen molar-refractivity contribution < 1.29 is 9.90 Å². The van der Waals surface area contributed by atoms with Gasteiger partial charge in [-0.3, -0.25) is 4.98 Å². The lowest BCUT2D eigenvalue weighted by Gasteiger charge is -2.42. The summed E-state index contributed by atoms with van der Waals surface area (Å²) in [6, 6.07) is 19.1. The summed E-state index contributed by atoms with van der Waals surface area (Å²) in [5, 5.41) is 14.3. The van der Waals surface area contributed by atoms with Crippen LogP contribution in [0.15, 0.2) is 66.9 Å². The molecule has 0 saturated heterocycles. The number of nitrogens with zero attached hydrogens (tertiary/aromatic N) is 4. The van der Waals surface area contributed by atoms with Crippen LogP contribution in [0.5, 0.6) is 0 Å². The second-order valence-corrected chi connectivity index (χ2v) is 12.1. The number of carboxylic acid groups (broad SMARTS) is 1. The van der Waals surface area contributed by atoms with Crippen LogP contribution in [0.25, 0.3) is 39.4 Å². The van der Waals surface area contributed by atoms with Crippen LogP contribution in [0.1, 0.15) is 73.4 Å². The van der Waals surface area contributed by atoms with E-state index in [1.807, 2.05) is 30.5 Å². The standard InChI is InChI=1S/C35H37N5O2/c1-39-30-21-24(11-14-26(30)32(25-8-3-4-9-25)33(39)27-10-5-6-19-36-27)22-37-35(17-7-18-35)34-38-28-20-23(13-16-31(41)42)12-15-29(28)40(34)2/h5-6,10-16,19-21,25,37H,3-4,7-9,17-18,22H2,1-2H3,(H,41,42). The topological polar surface area (TPSA) is 85.0 Å². The van der Waals surface area contributed by atoms with Gasteiger partial charge in [0.1, 0.15) is 5.82 Å². The third-order valence-corrected chi connectivity index (χ3v) is 9.56. The Morgan fingerprint density at radius 1 is 1.02 bits per heavy atom. The van der Waals surface area contributed by atoms with Gasteiger partial charge in [-0.25, -0.2) is 9.78 Å². The number of aliphatic carboxylic acids is 1. The van der Waals surface area contributed by atoms with Crippen molar-refractivity contribution in [2.45, 2.75) is 62.9 Å². The molecule has 2 N–H and O–H groups in total. The maximum atomic E-state index is 11.0. The second kappa shape index (κ2) is 10.6. The molecule has 0 amide bonds. The van der Waals surface area contributed by atoms with Crippen LogP contribution >= 0.6 is 0 Å². The number of aromatic nitrogens is 4. The van der Waals surface area contributed by atoms with Gasteiger partial charge in [0.15, 0.2) is 0 Å². The van der Waals surface area contributed by atoms with E-state index in [1.54, 1.807) is 6.08 Å². The molecule has 2 fully saturated rings. The molecule has 0 bridgehead atoms. The summed E-state index contributed by atoms with van der Waals surface area (Å²) in [5.74, 6) is 0.681. The zero-order chi connectivity index (χ0) is 28.8. The summed E-state index contributed by atoms with van der Waals surface area (Å²) in [6.45, 7) is 0.759. The second-order valence-electron chi connectivity index (χ2n) is 12.1. The minimum atomic E-state index is -0.953. The zero-order valence-electron chi connectivity index (χ0n) is 24.3. The lowest BCUT2D eigenvalue weighted by atomic mass is 9.75. The Labute approximate surface area is 245 Å². The Bertz CT molecular complexity index is 1820. The van der Waals surface area contributed by atoms with E-state index < -0.39 is 5.97 Å². The Balaban J connectivity index is 1.21. The number of carboxylic acids is 1. The fourth-order valence-corrected chi connectivity index (χ4v) is 7.26. The van der Waals surface area contributed by atoms with Crippen LogP contribution in [0.3, 0.4) is 0 Å². The Morgan fingerprint density at radius 2 is 1.86 bits per heavy atom. The smallest absolute Gasteiger partial charge is 0.328 e. The molecule has 2 aliphatic carbocycles. The largest absolute Gasteiger partial charge is 0.478 e. The van der Waals surface area contributed by atoms with Crippen LogP contribution in [0.2, 0.25) is 0 Å². The fourth-order valence-electron chi connectivity index (χ4n) is 7.26. The first-order valence-corrected chi connectivity index (χ1v) is 15.1. The van der Waals surface area contributed by atoms with E-state index in [0.717, 1.165) is 53.9 Å². The van der Waals surface area contributed by atoms with Crippen LogP contribution in [0, 0.1) is 0 Å². The van der Waals surface area contributed by atoms with Gasteiger partial charge in [0.2, 0.25) is 0 Å². The minimum absolute atomic E-state index is 0.178. The van der Waals surface area contributed by atoms with Crippen LogP contribution in [-0.2, 0) is 31.0 Å². The maximum absolute atomic E-state index is 11.0. The maximum Gasteiger partial charge on any atom is 0.328 e. The van der Waals surface area contributed by atoms with Crippen LogP contribution < -0.4 is 5.32 Å². The van der Waals surface area contributed by atoms with E-state index in [-0.39, 0.29) is 5.54 Å². The summed E-state index contributed by atoms with van der Waals surface area (Å²) >= 11 is 0. The first kappa shape index (κ1) is 26.7. The lowest BCUT2D eigenvalue weighted by Crippen LogP contribution is -2.49. The van der Waals surface area contributed by atoms with Gasteiger partial charge in [-0.1, -0.05) is 37.1 Å². The summed E-state index contributed by atoms with van der Waals surface area (Å²) in [4.78, 5) is 20.8. The van der Waals surface area contributed by atoms with Crippen molar-refractivity contribution in [1.29, 1.82) is 0 Å². The third-order valence-electron chi connectivity index (χ3n) is 9.56. The SMILES string of the molecule is Cn1c(C2(NCc3ccc4c(C5CCCC5)c(-c5ccccn5)n(C)c4c3)CCC2)nc2cc(C=CC(=O)O)ccc21. The molecule has 7 rings (SSSR count). The fraction of sp³-hybridized carbons (Fsp3) is 0.343. The predicted octanol–water partition coefficient (Wildman–Crippen LogP) is 7.05. The first-order chi connectivity index (χ1) is 20.4. The minimum Gasteiger partial charge on any atom is -0.478 e. The average molecular weight is 560 g/mol. The van der Waals surface area contributed by atoms with Gasteiger partial charge >= 0.3 is 5.97 Å². The number of hydrogen-bond acceptors (Lipinski definition) is 4. The molecule has 7 nitrogen and oxygen atoms in total. The molecule has 0 atom stereocenters. The third kappa shape index (κ3) is 4.52. The molecule has 0 aliphatic heterocycles. The van der Waals surface area contributed by atoms with E-state index in [9.17, 15) is 4.79 Å². The zero-order valence-corrected chi connectivity index (χ0v) is 24.3. The highest BCUT2D eigenvalue weighted by Gasteiger charge is 2.42. The van der Waals surface area contributed by atoms with Gasteiger partial charge < -0.3 is 19.6 Å². The molecular formula is C35H37N5O2. The highest BCUT2D eigenvalue weighted by molar-refractivity contribution is 5.92. The number of benzene rings is 2. The molecule has 0 unspecified atom stereocenters. The van der Waals surface area contributed by atoms with Gasteiger partial charge in [-0.15, -0.1) is 0 Å². The molecule has 0 radical (unpaired) electrons. The normalized spacial score (nSPS) is 17.0. The molecule has 2 aromatic carbocycles. The number of fused-ring (bicyclic) bond motifs is 2. The molecule has 0 spiro atoms. The average Bonchev–Trinajstić information content (AvgIpc) is 3.69. The van der Waals surface area contributed by atoms with E-state index in [0.29, 0.717) is 5.92 Å². The van der Waals surface area contributed by atoms with Crippen LogP contribution in [-0.4, -0.2) is 30.2 Å². The van der Waals surface area contributed by atoms with Crippen molar-refractivity contribution in [3.8, 4) is 11.4 Å². The van der Waals surface area contributed by atoms with Gasteiger partial charge in [-0.2, -0.15) is 0 Å². The van der Waals surface area contributed by atoms with Gasteiger partial charge in [0.05, 0.1) is 28.0 Å². The van der Waals surface area contributed by atoms with Gasteiger partial charge in [-0.05, 0) is 91.1 Å². The molecule has 2 aliphatic rings. The highest BCUT2D eigenvalue weighted by atomic mass is 16.4. The number of imidazole rings is 1. The summed E-state index contributed by atoms with van der Waals surface area (Å²) in [7, 11) is 4.27. The number of carbonyl (C=O) groups is 1. The van der Waals surface area contributed by atoms with Crippen LogP contribution in [0.4, 0.5) is 0 Å². The number of nitrogens with one attached hydrogen (secondary N) is 1. The lowest BCUT2D eigenvalue weighted by molar-refractivity contribution is -0.131. The number of aryl methyl sites for hydroxylation is 2. The molecule has 3 heterocycles. The Morgan fingerprint density at radius 3 is 2.57 bits per heavy atom. The van der Waals surface area contributed by atoms with Crippen molar-refractivity contribution in [3.63, 3.8) is 0 Å². The molecule has 214 valence electrons. The first-order valence-electron chi connectivity index (χ1n) is 15.1. The number of hydrogen-bond donors (Lipinski definition) is 2. The van der Waals surface area contributed by atoms with Crippen molar-refractivity contribution >= 4 is 34.0 Å². The highest BCUT2D eigenvalue weighted by Crippen LogP contribution is 2.45. The molecular weight excluding hydrogens is 522 g/mol. The number of rotatable bonds is 8. The van der Waals surface area contributed by atoms with Crippen molar-refractivity contribution in [2.24, 2.45) is 14.1 Å². The summed E-state index contributed by atoms with van der Waals surface area (Å²) in [5.41, 5.74) is 8.91. The summed E-state index contributed by atoms with van der Waals surface area (Å²) < 4.78 is 4.55. The van der Waals surface area contributed by atoms with Gasteiger partial charge in [0.25, 0.3) is 0 Å². The van der Waals surface area contributed by atoms with E-state index in [4.69, 9.17) is 15.1 Å². The molecule has 5 aromatic rings. The van der Waals surface area contributed by atoms with Crippen molar-refractivity contribution in [1.82, 2.24) is 24.4 Å². The van der Waals surface area contributed by atoms with Crippen molar-refractivity contribution in [3.05, 3.63) is 89.4 Å². The Hall–Kier alpha value is -4.23. The quantitative estimate of drug-likeness (QED) is 0.199.